The van der Waals surface area contributed by atoms with Crippen LogP contribution < -0.4 is 10.1 Å². The number of nitrogens with one attached hydrogen (secondary N) is 1. The van der Waals surface area contributed by atoms with Crippen molar-refractivity contribution in [2.24, 2.45) is 0 Å². The monoisotopic (exact) mass is 346 g/mol. The number of hydrogen-bond donors (Lipinski definition) is 1. The summed E-state index contributed by atoms with van der Waals surface area (Å²) in [5, 5.41) is 3.33. The summed E-state index contributed by atoms with van der Waals surface area (Å²) in [4.78, 5) is 16.2. The fourth-order valence-corrected chi connectivity index (χ4v) is 2.37. The first-order chi connectivity index (χ1) is 12.0. The van der Waals surface area contributed by atoms with E-state index in [1.54, 1.807) is 31.4 Å². The highest BCUT2D eigenvalue weighted by Crippen LogP contribution is 2.22. The summed E-state index contributed by atoms with van der Waals surface area (Å²) >= 11 is 0. The van der Waals surface area contributed by atoms with Crippen molar-refractivity contribution in [2.75, 3.05) is 12.4 Å². The van der Waals surface area contributed by atoms with E-state index in [1.807, 2.05) is 0 Å². The first-order valence-corrected chi connectivity index (χ1v) is 7.33. The van der Waals surface area contributed by atoms with Crippen molar-refractivity contribution in [3.05, 3.63) is 65.6 Å². The maximum atomic E-state index is 13.6. The maximum absolute atomic E-state index is 13.6. The number of halogens is 3. The number of pyridine rings is 1. The number of amides is 1. The molecule has 7 heteroatoms. The molecule has 1 aromatic heterocycles. The summed E-state index contributed by atoms with van der Waals surface area (Å²) in [6.07, 6.45) is 1.02. The van der Waals surface area contributed by atoms with Crippen molar-refractivity contribution in [1.29, 1.82) is 0 Å². The Morgan fingerprint density at radius 3 is 2.60 bits per heavy atom. The topological polar surface area (TPSA) is 51.2 Å². The summed E-state index contributed by atoms with van der Waals surface area (Å²) in [7, 11) is 1.55. The Balaban J connectivity index is 1.77. The van der Waals surface area contributed by atoms with Gasteiger partial charge >= 0.3 is 0 Å². The van der Waals surface area contributed by atoms with Gasteiger partial charge in [-0.1, -0.05) is 0 Å². The second-order valence-electron chi connectivity index (χ2n) is 5.37. The predicted molar refractivity (Wildman–Crippen MR) is 86.9 cm³/mol. The highest BCUT2D eigenvalue weighted by molar-refractivity contribution is 5.94. The van der Waals surface area contributed by atoms with Crippen LogP contribution in [0.5, 0.6) is 5.75 Å². The summed E-state index contributed by atoms with van der Waals surface area (Å²) < 4.78 is 44.8. The van der Waals surface area contributed by atoms with E-state index in [1.165, 1.54) is 6.20 Å². The average Bonchev–Trinajstić information content (AvgIpc) is 2.59. The minimum Gasteiger partial charge on any atom is -0.497 e. The Kier molecular flexibility index (Phi) is 4.56. The maximum Gasteiger partial charge on any atom is 0.228 e. The van der Waals surface area contributed by atoms with Crippen LogP contribution >= 0.6 is 0 Å². The molecule has 1 heterocycles. The van der Waals surface area contributed by atoms with Gasteiger partial charge in [0.25, 0.3) is 0 Å². The molecule has 3 aromatic rings. The van der Waals surface area contributed by atoms with Gasteiger partial charge < -0.3 is 10.1 Å². The summed E-state index contributed by atoms with van der Waals surface area (Å²) in [6.45, 7) is 0. The molecule has 0 radical (unpaired) electrons. The predicted octanol–water partition coefficient (Wildman–Crippen LogP) is 3.84. The minimum atomic E-state index is -1.30. The number of hydrogen-bond acceptors (Lipinski definition) is 3. The van der Waals surface area contributed by atoms with E-state index in [4.69, 9.17) is 4.74 Å². The molecule has 1 N–H and O–H groups in total. The van der Waals surface area contributed by atoms with Crippen molar-refractivity contribution in [2.45, 2.75) is 6.42 Å². The molecule has 3 rings (SSSR count). The molecular formula is C18H13F3N2O2. The molecule has 0 aliphatic heterocycles. The van der Waals surface area contributed by atoms with Crippen molar-refractivity contribution in [1.82, 2.24) is 4.98 Å². The summed E-state index contributed by atoms with van der Waals surface area (Å²) in [6, 6.07) is 8.08. The molecule has 0 aliphatic rings. The Bertz CT molecular complexity index is 960. The molecule has 0 saturated heterocycles. The lowest BCUT2D eigenvalue weighted by Gasteiger charge is -2.08. The van der Waals surface area contributed by atoms with Crippen molar-refractivity contribution in [3.8, 4) is 5.75 Å². The van der Waals surface area contributed by atoms with E-state index < -0.39 is 29.8 Å². The molecule has 4 nitrogen and oxygen atoms in total. The third-order valence-corrected chi connectivity index (χ3v) is 3.62. The highest BCUT2D eigenvalue weighted by Gasteiger charge is 2.13. The van der Waals surface area contributed by atoms with E-state index in [-0.39, 0.29) is 5.56 Å². The zero-order chi connectivity index (χ0) is 18.0. The molecule has 0 spiro atoms. The van der Waals surface area contributed by atoms with Crippen LogP contribution in [0.1, 0.15) is 5.56 Å². The Morgan fingerprint density at radius 1 is 1.08 bits per heavy atom. The van der Waals surface area contributed by atoms with E-state index in [9.17, 15) is 18.0 Å². The third kappa shape index (κ3) is 3.71. The standard InChI is InChI=1S/C18H13F3N2O2/c1-25-13-3-2-10-4-12(9-22-17(10)7-13)23-18(24)6-11-5-15(20)16(21)8-14(11)19/h2-5,7-9H,6H2,1H3,(H,23,24). The molecule has 2 aromatic carbocycles. The molecule has 0 bridgehead atoms. The zero-order valence-corrected chi connectivity index (χ0v) is 13.1. The normalized spacial score (nSPS) is 10.7. The number of rotatable bonds is 4. The molecular weight excluding hydrogens is 333 g/mol. The number of nitrogens with zero attached hydrogens (tertiary/aromatic N) is 1. The largest absolute Gasteiger partial charge is 0.497 e. The summed E-state index contributed by atoms with van der Waals surface area (Å²) in [5.41, 5.74) is 0.865. The number of methoxy groups -OCH3 is 1. The first-order valence-electron chi connectivity index (χ1n) is 7.33. The van der Waals surface area contributed by atoms with Crippen molar-refractivity contribution < 1.29 is 22.7 Å². The SMILES string of the molecule is COc1ccc2cc(NC(=O)Cc3cc(F)c(F)cc3F)cnc2c1. The molecule has 0 saturated carbocycles. The van der Waals surface area contributed by atoms with Crippen LogP contribution in [0.4, 0.5) is 18.9 Å². The second-order valence-corrected chi connectivity index (χ2v) is 5.37. The van der Waals surface area contributed by atoms with Crippen LogP contribution in [-0.4, -0.2) is 18.0 Å². The van der Waals surface area contributed by atoms with Crippen LogP contribution in [0, 0.1) is 17.5 Å². The van der Waals surface area contributed by atoms with Gasteiger partial charge in [-0.3, -0.25) is 9.78 Å². The van der Waals surface area contributed by atoms with Crippen LogP contribution in [-0.2, 0) is 11.2 Å². The lowest BCUT2D eigenvalue weighted by atomic mass is 10.1. The quantitative estimate of drug-likeness (QED) is 0.730. The molecule has 0 atom stereocenters. The average molecular weight is 346 g/mol. The van der Waals surface area contributed by atoms with E-state index in [0.717, 1.165) is 5.39 Å². The van der Waals surface area contributed by atoms with Crippen molar-refractivity contribution >= 4 is 22.5 Å². The molecule has 0 unspecified atom stereocenters. The van der Waals surface area contributed by atoms with Crippen LogP contribution in [0.2, 0.25) is 0 Å². The fourth-order valence-electron chi connectivity index (χ4n) is 2.37. The molecule has 128 valence electrons. The van der Waals surface area contributed by atoms with Gasteiger partial charge in [-0.15, -0.1) is 0 Å². The van der Waals surface area contributed by atoms with Gasteiger partial charge in [0.15, 0.2) is 11.6 Å². The second kappa shape index (κ2) is 6.80. The lowest BCUT2D eigenvalue weighted by Crippen LogP contribution is -2.15. The van der Waals surface area contributed by atoms with E-state index in [2.05, 4.69) is 10.3 Å². The van der Waals surface area contributed by atoms with Gasteiger partial charge in [0.2, 0.25) is 5.91 Å². The summed E-state index contributed by atoms with van der Waals surface area (Å²) in [5.74, 6) is -3.38. The third-order valence-electron chi connectivity index (χ3n) is 3.62. The molecule has 25 heavy (non-hydrogen) atoms. The van der Waals surface area contributed by atoms with Crippen molar-refractivity contribution in [3.63, 3.8) is 0 Å². The number of fused-ring (bicyclic) bond motifs is 1. The van der Waals surface area contributed by atoms with Crippen LogP contribution in [0.25, 0.3) is 10.9 Å². The molecule has 0 aliphatic carbocycles. The minimum absolute atomic E-state index is 0.227. The van der Waals surface area contributed by atoms with Crippen LogP contribution in [0.3, 0.4) is 0 Å². The number of carbonyl (C=O) groups excluding carboxylic acids is 1. The van der Waals surface area contributed by atoms with Gasteiger partial charge in [0.1, 0.15) is 11.6 Å². The number of anilines is 1. The zero-order valence-electron chi connectivity index (χ0n) is 13.1. The number of ether oxygens (including phenoxy) is 1. The Labute approximate surface area is 141 Å². The fraction of sp³-hybridized carbons (Fsp3) is 0.111. The first kappa shape index (κ1) is 16.8. The Morgan fingerprint density at radius 2 is 1.84 bits per heavy atom. The molecule has 1 amide bonds. The number of benzene rings is 2. The van der Waals surface area contributed by atoms with Gasteiger partial charge in [-0.2, -0.15) is 0 Å². The van der Waals surface area contributed by atoms with E-state index in [0.29, 0.717) is 29.1 Å². The van der Waals surface area contributed by atoms with Gasteiger partial charge in [-0.25, -0.2) is 13.2 Å². The number of aromatic nitrogens is 1. The van der Waals surface area contributed by atoms with E-state index >= 15 is 0 Å². The van der Waals surface area contributed by atoms with Gasteiger partial charge in [0, 0.05) is 23.1 Å². The van der Waals surface area contributed by atoms with Gasteiger partial charge in [-0.05, 0) is 24.3 Å². The van der Waals surface area contributed by atoms with Crippen LogP contribution in [0.15, 0.2) is 42.6 Å². The number of carbonyl (C=O) groups is 1. The Hall–Kier alpha value is -3.09. The molecule has 0 fully saturated rings. The lowest BCUT2D eigenvalue weighted by molar-refractivity contribution is -0.115. The smallest absolute Gasteiger partial charge is 0.228 e. The van der Waals surface area contributed by atoms with Gasteiger partial charge in [0.05, 0.1) is 30.9 Å². The highest BCUT2D eigenvalue weighted by atomic mass is 19.2.